The minimum absolute atomic E-state index is 0.00924. The Hall–Kier alpha value is -1.06. The van der Waals surface area contributed by atoms with Crippen molar-refractivity contribution < 1.29 is 4.74 Å². The number of hydrogen-bond acceptors (Lipinski definition) is 3. The predicted molar refractivity (Wildman–Crippen MR) is 88.6 cm³/mol. The lowest BCUT2D eigenvalue weighted by Gasteiger charge is -2.35. The predicted octanol–water partition coefficient (Wildman–Crippen LogP) is 3.60. The van der Waals surface area contributed by atoms with Gasteiger partial charge in [0.1, 0.15) is 5.75 Å². The van der Waals surface area contributed by atoms with Gasteiger partial charge in [0.15, 0.2) is 0 Å². The summed E-state index contributed by atoms with van der Waals surface area (Å²) in [6.45, 7) is 5.95. The molecule has 1 aromatic rings. The van der Waals surface area contributed by atoms with Crippen molar-refractivity contribution in [2.45, 2.75) is 51.6 Å². The number of benzene rings is 1. The first kappa shape index (κ1) is 16.3. The van der Waals surface area contributed by atoms with Gasteiger partial charge in [0.05, 0.1) is 6.61 Å². The minimum atomic E-state index is 0.00924. The van der Waals surface area contributed by atoms with Gasteiger partial charge >= 0.3 is 0 Å². The molecule has 2 N–H and O–H groups in total. The van der Waals surface area contributed by atoms with Crippen LogP contribution in [-0.2, 0) is 0 Å². The van der Waals surface area contributed by atoms with E-state index in [1.54, 1.807) is 0 Å². The molecule has 0 saturated heterocycles. The topological polar surface area (TPSA) is 38.5 Å². The van der Waals surface area contributed by atoms with E-state index in [4.69, 9.17) is 10.5 Å². The number of hydrogen-bond donors (Lipinski definition) is 1. The van der Waals surface area contributed by atoms with Gasteiger partial charge in [0, 0.05) is 24.2 Å². The number of rotatable bonds is 6. The molecule has 1 aromatic carbocycles. The summed E-state index contributed by atoms with van der Waals surface area (Å²) in [5, 5.41) is 0. The summed E-state index contributed by atoms with van der Waals surface area (Å²) < 4.78 is 5.70. The van der Waals surface area contributed by atoms with Crippen LogP contribution in [0.2, 0.25) is 0 Å². The number of nitrogens with zero attached hydrogens (tertiary/aromatic N) is 1. The fourth-order valence-corrected chi connectivity index (χ4v) is 3.43. The van der Waals surface area contributed by atoms with E-state index in [1.165, 1.54) is 25.7 Å². The second-order valence-electron chi connectivity index (χ2n) is 6.44. The van der Waals surface area contributed by atoms with Crippen LogP contribution in [0.25, 0.3) is 0 Å². The van der Waals surface area contributed by atoms with Crippen molar-refractivity contribution in [1.82, 2.24) is 4.90 Å². The lowest BCUT2D eigenvalue weighted by Crippen LogP contribution is -2.39. The van der Waals surface area contributed by atoms with E-state index in [0.29, 0.717) is 12.6 Å². The highest BCUT2D eigenvalue weighted by Crippen LogP contribution is 2.29. The molecule has 1 aliphatic rings. The molecular formula is C18H30N2O. The summed E-state index contributed by atoms with van der Waals surface area (Å²) in [5.41, 5.74) is 7.57. The fourth-order valence-electron chi connectivity index (χ4n) is 3.43. The van der Waals surface area contributed by atoms with E-state index in [2.05, 4.69) is 24.9 Å². The van der Waals surface area contributed by atoms with Crippen LogP contribution in [0.4, 0.5) is 0 Å². The van der Waals surface area contributed by atoms with Gasteiger partial charge in [-0.1, -0.05) is 38.0 Å². The number of para-hydroxylation sites is 1. The zero-order chi connectivity index (χ0) is 15.2. The Morgan fingerprint density at radius 3 is 2.81 bits per heavy atom. The fraction of sp³-hybridized carbons (Fsp3) is 0.667. The van der Waals surface area contributed by atoms with Gasteiger partial charge in [-0.25, -0.2) is 0 Å². The summed E-state index contributed by atoms with van der Waals surface area (Å²) in [6.07, 6.45) is 5.33. The third-order valence-electron chi connectivity index (χ3n) is 4.64. The van der Waals surface area contributed by atoms with Gasteiger partial charge in [-0.05, 0) is 38.8 Å². The van der Waals surface area contributed by atoms with Crippen LogP contribution in [0.1, 0.15) is 51.1 Å². The summed E-state index contributed by atoms with van der Waals surface area (Å²) in [6, 6.07) is 8.84. The summed E-state index contributed by atoms with van der Waals surface area (Å²) >= 11 is 0. The molecule has 1 aliphatic carbocycles. The monoisotopic (exact) mass is 290 g/mol. The Kier molecular flexibility index (Phi) is 6.07. The second-order valence-corrected chi connectivity index (χ2v) is 6.44. The molecule has 3 unspecified atom stereocenters. The molecule has 0 aliphatic heterocycles. The van der Waals surface area contributed by atoms with Crippen LogP contribution in [-0.4, -0.2) is 31.1 Å². The Labute approximate surface area is 129 Å². The first-order chi connectivity index (χ1) is 10.1. The number of nitrogens with two attached hydrogens (primary N) is 1. The van der Waals surface area contributed by atoms with Gasteiger partial charge in [-0.2, -0.15) is 0 Å². The van der Waals surface area contributed by atoms with Crippen molar-refractivity contribution in [3.63, 3.8) is 0 Å². The molecule has 1 saturated carbocycles. The van der Waals surface area contributed by atoms with Crippen molar-refractivity contribution in [2.24, 2.45) is 11.7 Å². The molecule has 0 aromatic heterocycles. The Morgan fingerprint density at radius 1 is 1.33 bits per heavy atom. The van der Waals surface area contributed by atoms with Crippen molar-refractivity contribution in [2.75, 3.05) is 20.2 Å². The van der Waals surface area contributed by atoms with Crippen molar-refractivity contribution >= 4 is 0 Å². The summed E-state index contributed by atoms with van der Waals surface area (Å²) in [7, 11) is 2.21. The normalized spacial score (nSPS) is 24.0. The molecule has 3 atom stereocenters. The lowest BCUT2D eigenvalue weighted by atomic mass is 9.86. The average Bonchev–Trinajstić information content (AvgIpc) is 2.48. The molecule has 0 bridgehead atoms. The van der Waals surface area contributed by atoms with Crippen LogP contribution in [0.3, 0.4) is 0 Å². The minimum Gasteiger partial charge on any atom is -0.494 e. The van der Waals surface area contributed by atoms with Crippen LogP contribution in [0.15, 0.2) is 24.3 Å². The highest BCUT2D eigenvalue weighted by molar-refractivity contribution is 5.36. The average molecular weight is 290 g/mol. The molecule has 0 spiro atoms. The van der Waals surface area contributed by atoms with E-state index in [0.717, 1.165) is 23.8 Å². The molecule has 0 heterocycles. The third kappa shape index (κ3) is 4.45. The van der Waals surface area contributed by atoms with Crippen molar-refractivity contribution in [3.8, 4) is 5.75 Å². The zero-order valence-corrected chi connectivity index (χ0v) is 13.7. The van der Waals surface area contributed by atoms with E-state index in [-0.39, 0.29) is 6.04 Å². The standard InChI is InChI=1S/C18H30N2O/c1-4-21-18-11-6-5-10-16(18)17(19)13-20(3)15-9-7-8-14(2)12-15/h5-6,10-11,14-15,17H,4,7-9,12-13,19H2,1-3H3. The van der Waals surface area contributed by atoms with Gasteiger partial charge in [0.2, 0.25) is 0 Å². The summed E-state index contributed by atoms with van der Waals surface area (Å²) in [5.74, 6) is 1.77. The maximum atomic E-state index is 6.45. The first-order valence-corrected chi connectivity index (χ1v) is 8.29. The molecule has 3 heteroatoms. The highest BCUT2D eigenvalue weighted by atomic mass is 16.5. The SMILES string of the molecule is CCOc1ccccc1C(N)CN(C)C1CCCC(C)C1. The second kappa shape index (κ2) is 7.81. The van der Waals surface area contributed by atoms with Crippen LogP contribution >= 0.6 is 0 Å². The van der Waals surface area contributed by atoms with Crippen molar-refractivity contribution in [3.05, 3.63) is 29.8 Å². The smallest absolute Gasteiger partial charge is 0.124 e. The number of likely N-dealkylation sites (N-methyl/N-ethyl adjacent to an activating group) is 1. The summed E-state index contributed by atoms with van der Waals surface area (Å²) in [4.78, 5) is 2.45. The Bertz CT molecular complexity index is 435. The van der Waals surface area contributed by atoms with E-state index >= 15 is 0 Å². The van der Waals surface area contributed by atoms with Gasteiger partial charge in [-0.15, -0.1) is 0 Å². The highest BCUT2D eigenvalue weighted by Gasteiger charge is 2.24. The lowest BCUT2D eigenvalue weighted by molar-refractivity contribution is 0.156. The first-order valence-electron chi connectivity index (χ1n) is 8.29. The molecule has 0 radical (unpaired) electrons. The molecule has 118 valence electrons. The molecular weight excluding hydrogens is 260 g/mol. The molecule has 0 amide bonds. The largest absolute Gasteiger partial charge is 0.494 e. The Balaban J connectivity index is 1.98. The molecule has 3 nitrogen and oxygen atoms in total. The van der Waals surface area contributed by atoms with E-state index in [1.807, 2.05) is 25.1 Å². The van der Waals surface area contributed by atoms with E-state index < -0.39 is 0 Å². The van der Waals surface area contributed by atoms with Crippen LogP contribution in [0.5, 0.6) is 5.75 Å². The zero-order valence-electron chi connectivity index (χ0n) is 13.7. The quantitative estimate of drug-likeness (QED) is 0.870. The molecule has 2 rings (SSSR count). The molecule has 21 heavy (non-hydrogen) atoms. The van der Waals surface area contributed by atoms with Crippen LogP contribution in [0, 0.1) is 5.92 Å². The maximum absolute atomic E-state index is 6.45. The Morgan fingerprint density at radius 2 is 2.10 bits per heavy atom. The number of ether oxygens (including phenoxy) is 1. The maximum Gasteiger partial charge on any atom is 0.124 e. The van der Waals surface area contributed by atoms with Crippen LogP contribution < -0.4 is 10.5 Å². The van der Waals surface area contributed by atoms with Gasteiger partial charge in [-0.3, -0.25) is 0 Å². The van der Waals surface area contributed by atoms with Gasteiger partial charge < -0.3 is 15.4 Å². The van der Waals surface area contributed by atoms with E-state index in [9.17, 15) is 0 Å². The van der Waals surface area contributed by atoms with Crippen molar-refractivity contribution in [1.29, 1.82) is 0 Å². The third-order valence-corrected chi connectivity index (χ3v) is 4.64. The van der Waals surface area contributed by atoms with Gasteiger partial charge in [0.25, 0.3) is 0 Å². The molecule has 1 fully saturated rings.